The third kappa shape index (κ3) is 4.53. The number of carbonyl (C=O) groups excluding carboxylic acids is 1. The molecule has 2 saturated heterocycles. The highest BCUT2D eigenvalue weighted by Crippen LogP contribution is 2.56. The molecule has 0 amide bonds. The first-order valence-electron chi connectivity index (χ1n) is 8.68. The second kappa shape index (κ2) is 8.66. The number of fused-ring (bicyclic) bond motifs is 2. The predicted octanol–water partition coefficient (Wildman–Crippen LogP) is 0.988. The molecule has 158 valence electrons. The van der Waals surface area contributed by atoms with Gasteiger partial charge in [-0.15, -0.1) is 6.58 Å². The van der Waals surface area contributed by atoms with Crippen LogP contribution in [0.2, 0.25) is 0 Å². The van der Waals surface area contributed by atoms with Crippen molar-refractivity contribution in [3.63, 3.8) is 0 Å². The van der Waals surface area contributed by atoms with Crippen LogP contribution in [0.4, 0.5) is 5.82 Å². The third-order valence-corrected chi connectivity index (χ3v) is 5.40. The Labute approximate surface area is 166 Å². The Bertz CT molecular complexity index is 947. The molecule has 2 aliphatic heterocycles. The number of hydrogen-bond donors (Lipinski definition) is 2. The number of phosphoric ester groups is 1. The van der Waals surface area contributed by atoms with Crippen LogP contribution in [0.1, 0.15) is 20.1 Å². The van der Waals surface area contributed by atoms with Crippen LogP contribution < -0.4 is 5.73 Å². The quantitative estimate of drug-likeness (QED) is 0.529. The minimum atomic E-state index is -3.78. The van der Waals surface area contributed by atoms with E-state index in [4.69, 9.17) is 24.0 Å². The number of carbonyl (C=O) groups is 1. The Morgan fingerprint density at radius 1 is 1.48 bits per heavy atom. The van der Waals surface area contributed by atoms with Crippen molar-refractivity contribution in [3.8, 4) is 0 Å². The van der Waals surface area contributed by atoms with Gasteiger partial charge in [0.1, 0.15) is 35.9 Å². The van der Waals surface area contributed by atoms with Crippen LogP contribution in [0.25, 0.3) is 11.2 Å². The summed E-state index contributed by atoms with van der Waals surface area (Å²) in [5.41, 5.74) is 6.56. The molecule has 2 aromatic rings. The maximum Gasteiger partial charge on any atom is 0.475 e. The minimum Gasteiger partial charge on any atom is -0.386 e. The number of aromatic nitrogens is 4. The number of imidazole rings is 1. The molecule has 0 radical (unpaired) electrons. The predicted molar refractivity (Wildman–Crippen MR) is 101 cm³/mol. The highest BCUT2D eigenvalue weighted by molar-refractivity contribution is 7.48. The molecule has 4 rings (SSSR count). The van der Waals surface area contributed by atoms with Gasteiger partial charge >= 0.3 is 7.82 Å². The largest absolute Gasteiger partial charge is 0.475 e. The highest BCUT2D eigenvalue weighted by atomic mass is 31.2. The normalized spacial score (nSPS) is 31.0. The lowest BCUT2D eigenvalue weighted by molar-refractivity contribution is -0.115. The molecular weight excluding hydrogens is 405 g/mol. The van der Waals surface area contributed by atoms with Gasteiger partial charge in [0, 0.05) is 0 Å². The van der Waals surface area contributed by atoms with Gasteiger partial charge in [0.15, 0.2) is 17.7 Å². The van der Waals surface area contributed by atoms with Gasteiger partial charge < -0.3 is 20.4 Å². The molecule has 5 atom stereocenters. The Morgan fingerprint density at radius 3 is 2.90 bits per heavy atom. The Balaban J connectivity index is 0.000000552. The zero-order valence-electron chi connectivity index (χ0n) is 15.9. The average molecular weight is 427 g/mol. The van der Waals surface area contributed by atoms with E-state index in [0.29, 0.717) is 11.2 Å². The van der Waals surface area contributed by atoms with Gasteiger partial charge in [0.2, 0.25) is 0 Å². The van der Waals surface area contributed by atoms with Gasteiger partial charge in [-0.1, -0.05) is 6.08 Å². The van der Waals surface area contributed by atoms with Crippen LogP contribution in [0.15, 0.2) is 25.3 Å². The van der Waals surface area contributed by atoms with E-state index in [9.17, 15) is 14.5 Å². The van der Waals surface area contributed by atoms with Gasteiger partial charge in [0.05, 0.1) is 19.5 Å². The lowest BCUT2D eigenvalue weighted by Gasteiger charge is -2.30. The van der Waals surface area contributed by atoms with Crippen molar-refractivity contribution in [3.05, 3.63) is 25.3 Å². The molecule has 13 heteroatoms. The lowest BCUT2D eigenvalue weighted by Crippen LogP contribution is -2.39. The number of phosphoric acid groups is 1. The Hall–Kier alpha value is -2.21. The molecule has 0 aliphatic carbocycles. The van der Waals surface area contributed by atoms with E-state index < -0.39 is 32.4 Å². The fraction of sp³-hybridized carbons (Fsp3) is 0.500. The second-order valence-electron chi connectivity index (χ2n) is 6.44. The molecule has 2 fully saturated rings. The molecule has 0 bridgehead atoms. The summed E-state index contributed by atoms with van der Waals surface area (Å²) in [6, 6.07) is 0. The SMILES string of the molecule is C=CCOP1(=O)OCC2OC(n3cnc4c(N)ncnc43)C(O)C2O1.CC(C)=O. The lowest BCUT2D eigenvalue weighted by atomic mass is 10.1. The van der Waals surface area contributed by atoms with E-state index in [2.05, 4.69) is 21.5 Å². The number of aliphatic hydroxyl groups excluding tert-OH is 1. The van der Waals surface area contributed by atoms with E-state index in [1.54, 1.807) is 0 Å². The van der Waals surface area contributed by atoms with Gasteiger partial charge in [-0.25, -0.2) is 19.5 Å². The number of nitrogens with zero attached hydrogens (tertiary/aromatic N) is 4. The Morgan fingerprint density at radius 2 is 2.21 bits per heavy atom. The molecule has 0 saturated carbocycles. The summed E-state index contributed by atoms with van der Waals surface area (Å²) in [5.74, 6) is 0.385. The molecule has 3 N–H and O–H groups in total. The van der Waals surface area contributed by atoms with Crippen molar-refractivity contribution in [2.24, 2.45) is 0 Å². The monoisotopic (exact) mass is 427 g/mol. The van der Waals surface area contributed by atoms with Crippen molar-refractivity contribution in [2.75, 3.05) is 18.9 Å². The summed E-state index contributed by atoms with van der Waals surface area (Å²) in [6.07, 6.45) is 0.658. The summed E-state index contributed by atoms with van der Waals surface area (Å²) in [7, 11) is -3.78. The van der Waals surface area contributed by atoms with E-state index in [0.717, 1.165) is 0 Å². The number of ketones is 1. The van der Waals surface area contributed by atoms with E-state index >= 15 is 0 Å². The first-order valence-corrected chi connectivity index (χ1v) is 10.1. The summed E-state index contributed by atoms with van der Waals surface area (Å²) in [4.78, 5) is 21.6. The van der Waals surface area contributed by atoms with Crippen LogP contribution in [0.5, 0.6) is 0 Å². The number of rotatable bonds is 4. The zero-order valence-corrected chi connectivity index (χ0v) is 16.8. The summed E-state index contributed by atoms with van der Waals surface area (Å²) in [6.45, 7) is 6.48. The molecule has 29 heavy (non-hydrogen) atoms. The number of aliphatic hydroxyl groups is 1. The van der Waals surface area contributed by atoms with Crippen molar-refractivity contribution < 1.29 is 32.8 Å². The number of hydrogen-bond acceptors (Lipinski definition) is 11. The molecule has 0 spiro atoms. The van der Waals surface area contributed by atoms with E-state index in [1.807, 2.05) is 0 Å². The van der Waals surface area contributed by atoms with Gasteiger partial charge in [-0.05, 0) is 13.8 Å². The summed E-state index contributed by atoms with van der Waals surface area (Å²) < 4.78 is 35.3. The third-order valence-electron chi connectivity index (χ3n) is 3.97. The molecule has 2 aromatic heterocycles. The molecule has 4 heterocycles. The standard InChI is InChI=1S/C13H16N5O6P.C3H6O/c1-2-3-21-25(20)22-4-7-10(24-25)9(19)13(23-7)18-6-17-8-11(14)15-5-16-12(8)18;1-3(2)4/h2,5-7,9-10,13,19H,1,3-4H2,(H2,14,15,16);1-2H3. The van der Waals surface area contributed by atoms with Crippen molar-refractivity contribution in [1.82, 2.24) is 19.5 Å². The van der Waals surface area contributed by atoms with Gasteiger partial charge in [-0.3, -0.25) is 18.1 Å². The zero-order chi connectivity index (χ0) is 21.2. The Kier molecular flexibility index (Phi) is 6.42. The molecule has 2 aliphatic rings. The van der Waals surface area contributed by atoms with Crippen molar-refractivity contribution in [1.29, 1.82) is 0 Å². The maximum absolute atomic E-state index is 12.4. The molecule has 12 nitrogen and oxygen atoms in total. The first-order chi connectivity index (χ1) is 13.8. The molecular formula is C16H22N5O7P. The maximum atomic E-state index is 12.4. The highest BCUT2D eigenvalue weighted by Gasteiger charge is 2.53. The number of nitrogens with two attached hydrogens (primary N) is 1. The summed E-state index contributed by atoms with van der Waals surface area (Å²) >= 11 is 0. The van der Waals surface area contributed by atoms with Crippen LogP contribution >= 0.6 is 7.82 Å². The topological polar surface area (TPSA) is 161 Å². The molecule has 0 aromatic carbocycles. The fourth-order valence-electron chi connectivity index (χ4n) is 2.83. The van der Waals surface area contributed by atoms with Crippen LogP contribution in [-0.2, 0) is 27.7 Å². The van der Waals surface area contributed by atoms with E-state index in [-0.39, 0.29) is 24.8 Å². The van der Waals surface area contributed by atoms with E-state index in [1.165, 1.54) is 37.1 Å². The van der Waals surface area contributed by atoms with Gasteiger partial charge in [-0.2, -0.15) is 0 Å². The fourth-order valence-corrected chi connectivity index (χ4v) is 4.20. The second-order valence-corrected chi connectivity index (χ2v) is 8.07. The average Bonchev–Trinajstić information content (AvgIpc) is 3.22. The summed E-state index contributed by atoms with van der Waals surface area (Å²) in [5, 5.41) is 10.6. The van der Waals surface area contributed by atoms with Crippen LogP contribution in [0.3, 0.4) is 0 Å². The number of ether oxygens (including phenoxy) is 1. The minimum absolute atomic E-state index is 0.00258. The molecule has 5 unspecified atom stereocenters. The van der Waals surface area contributed by atoms with Crippen molar-refractivity contribution >= 4 is 30.6 Å². The smallest absolute Gasteiger partial charge is 0.386 e. The number of anilines is 1. The van der Waals surface area contributed by atoms with Crippen molar-refractivity contribution in [2.45, 2.75) is 38.4 Å². The number of nitrogen functional groups attached to an aromatic ring is 1. The van der Waals surface area contributed by atoms with Crippen LogP contribution in [0, 0.1) is 0 Å². The van der Waals surface area contributed by atoms with Crippen LogP contribution in [-0.4, -0.2) is 61.9 Å². The first kappa shape index (κ1) is 21.5. The van der Waals surface area contributed by atoms with Gasteiger partial charge in [0.25, 0.3) is 0 Å². The number of Topliss-reactive ketones (excluding diaryl/α,β-unsaturated/α-hetero) is 1.